The maximum Gasteiger partial charge on any atom is 0.287 e. The summed E-state index contributed by atoms with van der Waals surface area (Å²) in [7, 11) is 0. The Kier molecular flexibility index (Phi) is 4.54. The second-order valence-corrected chi connectivity index (χ2v) is 6.41. The smallest absolute Gasteiger partial charge is 0.287 e. The van der Waals surface area contributed by atoms with Crippen LogP contribution in [0.4, 0.5) is 0 Å². The molecule has 27 heavy (non-hydrogen) atoms. The first kappa shape index (κ1) is 16.8. The monoisotopic (exact) mass is 353 g/mol. The van der Waals surface area contributed by atoms with Crippen LogP contribution in [-0.4, -0.2) is 16.6 Å². The zero-order valence-corrected chi connectivity index (χ0v) is 14.9. The maximum atomic E-state index is 12.6. The van der Waals surface area contributed by atoms with Gasteiger partial charge in [0.25, 0.3) is 5.91 Å². The molecule has 0 atom stereocenters. The Bertz CT molecular complexity index is 1090. The molecule has 3 aromatic carbocycles. The Labute approximate surface area is 157 Å². The van der Waals surface area contributed by atoms with Gasteiger partial charge < -0.3 is 4.98 Å². The normalized spacial score (nSPS) is 11.5. The standard InChI is InChI=1S/C23H19N3O/c1-16-8-7-12-19(14-16)22(17-9-3-2-4-10-17)25-26-23(27)21-15-18-11-5-6-13-20(18)24-21/h2-15,24H,1H3,(H,26,27)/b25-22+. The van der Waals surface area contributed by atoms with Crippen LogP contribution in [0.5, 0.6) is 0 Å². The van der Waals surface area contributed by atoms with Crippen LogP contribution in [0.25, 0.3) is 10.9 Å². The highest BCUT2D eigenvalue weighted by molar-refractivity contribution is 6.13. The number of benzene rings is 3. The summed E-state index contributed by atoms with van der Waals surface area (Å²) in [6.45, 7) is 2.04. The van der Waals surface area contributed by atoms with Gasteiger partial charge in [-0.15, -0.1) is 0 Å². The largest absolute Gasteiger partial charge is 0.350 e. The van der Waals surface area contributed by atoms with Gasteiger partial charge in [0, 0.05) is 22.0 Å². The molecule has 4 aromatic rings. The number of rotatable bonds is 4. The number of hydrogen-bond donors (Lipinski definition) is 2. The van der Waals surface area contributed by atoms with Crippen molar-refractivity contribution in [2.24, 2.45) is 5.10 Å². The predicted molar refractivity (Wildman–Crippen MR) is 109 cm³/mol. The van der Waals surface area contributed by atoms with Gasteiger partial charge in [0.05, 0.1) is 5.71 Å². The highest BCUT2D eigenvalue weighted by atomic mass is 16.2. The third-order valence-corrected chi connectivity index (χ3v) is 4.38. The molecule has 0 aliphatic carbocycles. The molecule has 4 nitrogen and oxygen atoms in total. The van der Waals surface area contributed by atoms with Gasteiger partial charge in [0.15, 0.2) is 0 Å². The van der Waals surface area contributed by atoms with Crippen molar-refractivity contribution in [1.29, 1.82) is 0 Å². The molecule has 0 saturated carbocycles. The van der Waals surface area contributed by atoms with Gasteiger partial charge in [-0.2, -0.15) is 5.10 Å². The number of aromatic amines is 1. The Hall–Kier alpha value is -3.66. The van der Waals surface area contributed by atoms with Crippen LogP contribution < -0.4 is 5.43 Å². The van der Waals surface area contributed by atoms with E-state index in [0.29, 0.717) is 5.69 Å². The van der Waals surface area contributed by atoms with E-state index in [4.69, 9.17) is 0 Å². The lowest BCUT2D eigenvalue weighted by molar-refractivity contribution is 0.0951. The molecule has 2 N–H and O–H groups in total. The molecule has 0 radical (unpaired) electrons. The molecule has 4 heteroatoms. The minimum Gasteiger partial charge on any atom is -0.350 e. The summed E-state index contributed by atoms with van der Waals surface area (Å²) in [5.41, 5.74) is 7.87. The van der Waals surface area contributed by atoms with E-state index in [2.05, 4.69) is 21.6 Å². The quantitative estimate of drug-likeness (QED) is 0.407. The summed E-state index contributed by atoms with van der Waals surface area (Å²) in [4.78, 5) is 15.7. The van der Waals surface area contributed by atoms with Gasteiger partial charge in [0.2, 0.25) is 0 Å². The molecule has 1 aromatic heterocycles. The Morgan fingerprint density at radius 3 is 2.37 bits per heavy atom. The van der Waals surface area contributed by atoms with E-state index in [-0.39, 0.29) is 5.91 Å². The molecular formula is C23H19N3O. The SMILES string of the molecule is Cc1cccc(/C(=N/NC(=O)c2cc3ccccc3[nH]2)c2ccccc2)c1. The van der Waals surface area contributed by atoms with Gasteiger partial charge in [-0.05, 0) is 25.1 Å². The number of nitrogens with zero attached hydrogens (tertiary/aromatic N) is 1. The Balaban J connectivity index is 1.67. The van der Waals surface area contributed by atoms with Gasteiger partial charge >= 0.3 is 0 Å². The molecule has 0 unspecified atom stereocenters. The van der Waals surface area contributed by atoms with Crippen molar-refractivity contribution in [3.05, 3.63) is 107 Å². The number of fused-ring (bicyclic) bond motifs is 1. The molecule has 1 amide bonds. The molecule has 132 valence electrons. The lowest BCUT2D eigenvalue weighted by Crippen LogP contribution is -2.21. The van der Waals surface area contributed by atoms with E-state index in [1.54, 1.807) is 0 Å². The number of hydrazone groups is 1. The molecule has 0 aliphatic rings. The number of carbonyl (C=O) groups excluding carboxylic acids is 1. The van der Waals surface area contributed by atoms with Crippen LogP contribution in [0.1, 0.15) is 27.2 Å². The lowest BCUT2D eigenvalue weighted by atomic mass is 10.0. The summed E-state index contributed by atoms with van der Waals surface area (Å²) < 4.78 is 0. The van der Waals surface area contributed by atoms with Crippen molar-refractivity contribution in [1.82, 2.24) is 10.4 Å². The van der Waals surface area contributed by atoms with Crippen molar-refractivity contribution < 1.29 is 4.79 Å². The van der Waals surface area contributed by atoms with Crippen molar-refractivity contribution in [3.8, 4) is 0 Å². The third kappa shape index (κ3) is 3.65. The third-order valence-electron chi connectivity index (χ3n) is 4.38. The fraction of sp³-hybridized carbons (Fsp3) is 0.0435. The lowest BCUT2D eigenvalue weighted by Gasteiger charge is -2.08. The summed E-state index contributed by atoms with van der Waals surface area (Å²) >= 11 is 0. The number of nitrogens with one attached hydrogen (secondary N) is 2. The fourth-order valence-electron chi connectivity index (χ4n) is 3.05. The number of H-pyrrole nitrogens is 1. The molecular weight excluding hydrogens is 334 g/mol. The minimum atomic E-state index is -0.271. The Morgan fingerprint density at radius 2 is 1.59 bits per heavy atom. The molecule has 0 fully saturated rings. The topological polar surface area (TPSA) is 57.2 Å². The maximum absolute atomic E-state index is 12.6. The van der Waals surface area contributed by atoms with Gasteiger partial charge in [-0.25, -0.2) is 5.43 Å². The number of hydrogen-bond acceptors (Lipinski definition) is 2. The number of carbonyl (C=O) groups is 1. The highest BCUT2D eigenvalue weighted by Crippen LogP contribution is 2.15. The first-order valence-corrected chi connectivity index (χ1v) is 8.79. The van der Waals surface area contributed by atoms with Crippen LogP contribution in [0.2, 0.25) is 0 Å². The van der Waals surface area contributed by atoms with Crippen LogP contribution in [0.3, 0.4) is 0 Å². The molecule has 0 saturated heterocycles. The number of aryl methyl sites for hydroxylation is 1. The molecule has 4 rings (SSSR count). The summed E-state index contributed by atoms with van der Waals surface area (Å²) in [5, 5.41) is 5.44. The van der Waals surface area contributed by atoms with Crippen molar-refractivity contribution >= 4 is 22.5 Å². The molecule has 0 bridgehead atoms. The van der Waals surface area contributed by atoms with Gasteiger partial charge in [-0.1, -0.05) is 72.3 Å². The van der Waals surface area contributed by atoms with Crippen molar-refractivity contribution in [2.45, 2.75) is 6.92 Å². The molecule has 1 heterocycles. The van der Waals surface area contributed by atoms with E-state index >= 15 is 0 Å². The average molecular weight is 353 g/mol. The van der Waals surface area contributed by atoms with E-state index in [1.807, 2.05) is 85.8 Å². The molecule has 0 aliphatic heterocycles. The summed E-state index contributed by atoms with van der Waals surface area (Å²) in [5.74, 6) is -0.271. The van der Waals surface area contributed by atoms with E-state index in [0.717, 1.165) is 33.3 Å². The van der Waals surface area contributed by atoms with E-state index in [1.165, 1.54) is 0 Å². The molecule has 0 spiro atoms. The highest BCUT2D eigenvalue weighted by Gasteiger charge is 2.11. The zero-order chi connectivity index (χ0) is 18.6. The van der Waals surface area contributed by atoms with Crippen molar-refractivity contribution in [3.63, 3.8) is 0 Å². The van der Waals surface area contributed by atoms with Crippen LogP contribution in [0.15, 0.2) is 90.0 Å². The van der Waals surface area contributed by atoms with Crippen LogP contribution >= 0.6 is 0 Å². The van der Waals surface area contributed by atoms with Crippen LogP contribution in [0, 0.1) is 6.92 Å². The summed E-state index contributed by atoms with van der Waals surface area (Å²) in [6.07, 6.45) is 0. The van der Waals surface area contributed by atoms with Crippen LogP contribution in [-0.2, 0) is 0 Å². The Morgan fingerprint density at radius 1 is 0.852 bits per heavy atom. The van der Waals surface area contributed by atoms with Gasteiger partial charge in [0.1, 0.15) is 5.69 Å². The van der Waals surface area contributed by atoms with Crippen molar-refractivity contribution in [2.75, 3.05) is 0 Å². The predicted octanol–water partition coefficient (Wildman–Crippen LogP) is 4.66. The second kappa shape index (κ2) is 7.30. The number of aromatic nitrogens is 1. The zero-order valence-electron chi connectivity index (χ0n) is 14.9. The number of para-hydroxylation sites is 1. The summed E-state index contributed by atoms with van der Waals surface area (Å²) in [6, 6.07) is 27.5. The second-order valence-electron chi connectivity index (χ2n) is 6.41. The minimum absolute atomic E-state index is 0.271. The fourth-order valence-corrected chi connectivity index (χ4v) is 3.05. The first-order valence-electron chi connectivity index (χ1n) is 8.79. The van der Waals surface area contributed by atoms with Gasteiger partial charge in [-0.3, -0.25) is 4.79 Å². The van der Waals surface area contributed by atoms with E-state index < -0.39 is 0 Å². The average Bonchev–Trinajstić information content (AvgIpc) is 3.13. The first-order chi connectivity index (χ1) is 13.2. The van der Waals surface area contributed by atoms with E-state index in [9.17, 15) is 4.79 Å². The number of amides is 1.